The number of nitro benzene ring substituents is 1. The van der Waals surface area contributed by atoms with Crippen LogP contribution in [0.3, 0.4) is 0 Å². The van der Waals surface area contributed by atoms with Gasteiger partial charge in [0.1, 0.15) is 6.07 Å². The molecule has 2 aromatic rings. The molecule has 0 amide bonds. The summed E-state index contributed by atoms with van der Waals surface area (Å²) in [4.78, 5) is 10.3. The smallest absolute Gasteiger partial charge is 0.270 e. The molecule has 0 aliphatic carbocycles. The van der Waals surface area contributed by atoms with Crippen LogP contribution >= 0.6 is 0 Å². The fraction of sp³-hybridized carbons (Fsp3) is 0.333. The number of ether oxygens (including phenoxy) is 1. The highest BCUT2D eigenvalue weighted by atomic mass is 16.6. The van der Waals surface area contributed by atoms with Gasteiger partial charge in [0.2, 0.25) is 0 Å². The van der Waals surface area contributed by atoms with E-state index in [1.807, 2.05) is 16.9 Å². The molecule has 22 heavy (non-hydrogen) atoms. The first-order chi connectivity index (χ1) is 10.7. The monoisotopic (exact) mass is 298 g/mol. The van der Waals surface area contributed by atoms with Crippen LogP contribution in [0.25, 0.3) is 11.1 Å². The van der Waals surface area contributed by atoms with Gasteiger partial charge < -0.3 is 4.74 Å². The van der Waals surface area contributed by atoms with Gasteiger partial charge in [-0.15, -0.1) is 0 Å². The van der Waals surface area contributed by atoms with Crippen molar-refractivity contribution in [3.8, 4) is 17.2 Å². The lowest BCUT2D eigenvalue weighted by molar-refractivity contribution is -0.384. The van der Waals surface area contributed by atoms with E-state index in [0.717, 1.165) is 31.6 Å². The predicted molar refractivity (Wildman–Crippen MR) is 78.1 cm³/mol. The van der Waals surface area contributed by atoms with Crippen LogP contribution in [-0.4, -0.2) is 27.9 Å². The van der Waals surface area contributed by atoms with E-state index in [-0.39, 0.29) is 11.3 Å². The van der Waals surface area contributed by atoms with Gasteiger partial charge in [-0.25, -0.2) is 0 Å². The van der Waals surface area contributed by atoms with Crippen molar-refractivity contribution >= 4 is 5.69 Å². The van der Waals surface area contributed by atoms with Gasteiger partial charge in [0.25, 0.3) is 5.69 Å². The Balaban J connectivity index is 1.93. The number of nitriles is 1. The summed E-state index contributed by atoms with van der Waals surface area (Å²) in [7, 11) is 0. The molecule has 1 aliphatic rings. The van der Waals surface area contributed by atoms with E-state index in [0.29, 0.717) is 11.6 Å². The Kier molecular flexibility index (Phi) is 3.85. The zero-order valence-electron chi connectivity index (χ0n) is 11.8. The van der Waals surface area contributed by atoms with Crippen LogP contribution in [-0.2, 0) is 4.74 Å². The predicted octanol–water partition coefficient (Wildman–Crippen LogP) is 2.68. The van der Waals surface area contributed by atoms with Gasteiger partial charge >= 0.3 is 0 Å². The van der Waals surface area contributed by atoms with E-state index in [4.69, 9.17) is 4.74 Å². The minimum Gasteiger partial charge on any atom is -0.381 e. The van der Waals surface area contributed by atoms with Crippen LogP contribution < -0.4 is 0 Å². The summed E-state index contributed by atoms with van der Waals surface area (Å²) in [6.07, 6.45) is 5.40. The molecule has 0 saturated carbocycles. The molecule has 1 aromatic carbocycles. The molecule has 112 valence electrons. The number of benzene rings is 1. The molecule has 7 heteroatoms. The van der Waals surface area contributed by atoms with Crippen molar-refractivity contribution in [1.29, 1.82) is 5.26 Å². The Morgan fingerprint density at radius 2 is 2.18 bits per heavy atom. The SMILES string of the molecule is N#Cc1cc([N+](=O)[O-])ccc1-c1cnn(C2CCOCC2)c1. The number of rotatable bonds is 3. The molecule has 0 atom stereocenters. The summed E-state index contributed by atoms with van der Waals surface area (Å²) in [5.41, 5.74) is 1.64. The summed E-state index contributed by atoms with van der Waals surface area (Å²) in [5.74, 6) is 0. The Labute approximate surface area is 126 Å². The van der Waals surface area contributed by atoms with Crippen molar-refractivity contribution in [3.05, 3.63) is 46.3 Å². The molecule has 0 radical (unpaired) electrons. The topological polar surface area (TPSA) is 94.0 Å². The largest absolute Gasteiger partial charge is 0.381 e. The molecular weight excluding hydrogens is 284 g/mol. The Morgan fingerprint density at radius 1 is 1.41 bits per heavy atom. The summed E-state index contributed by atoms with van der Waals surface area (Å²) in [6, 6.07) is 6.61. The van der Waals surface area contributed by atoms with E-state index in [1.54, 1.807) is 12.3 Å². The number of hydrogen-bond donors (Lipinski definition) is 0. The quantitative estimate of drug-likeness (QED) is 0.641. The second kappa shape index (κ2) is 5.95. The lowest BCUT2D eigenvalue weighted by atomic mass is 10.0. The minimum absolute atomic E-state index is 0.0860. The van der Waals surface area contributed by atoms with Crippen molar-refractivity contribution in [1.82, 2.24) is 9.78 Å². The number of nitro groups is 1. The highest BCUT2D eigenvalue weighted by Gasteiger charge is 2.18. The minimum atomic E-state index is -0.504. The lowest BCUT2D eigenvalue weighted by Gasteiger charge is -2.22. The number of nitrogens with zero attached hydrogens (tertiary/aromatic N) is 4. The van der Waals surface area contributed by atoms with E-state index in [1.165, 1.54) is 12.1 Å². The zero-order chi connectivity index (χ0) is 15.5. The maximum Gasteiger partial charge on any atom is 0.270 e. The fourth-order valence-electron chi connectivity index (χ4n) is 2.62. The van der Waals surface area contributed by atoms with Crippen LogP contribution in [0.2, 0.25) is 0 Å². The van der Waals surface area contributed by atoms with Crippen molar-refractivity contribution < 1.29 is 9.66 Å². The molecule has 3 rings (SSSR count). The third-order valence-corrected chi connectivity index (χ3v) is 3.81. The first-order valence-electron chi connectivity index (χ1n) is 7.00. The Hall–Kier alpha value is -2.72. The molecule has 0 unspecified atom stereocenters. The Bertz CT molecular complexity index is 741. The molecule has 1 aliphatic heterocycles. The van der Waals surface area contributed by atoms with Gasteiger partial charge in [-0.05, 0) is 18.9 Å². The number of hydrogen-bond acceptors (Lipinski definition) is 5. The average molecular weight is 298 g/mol. The average Bonchev–Trinajstić information content (AvgIpc) is 3.04. The molecule has 1 saturated heterocycles. The molecule has 7 nitrogen and oxygen atoms in total. The van der Waals surface area contributed by atoms with E-state index in [9.17, 15) is 15.4 Å². The first-order valence-corrected chi connectivity index (χ1v) is 7.00. The third-order valence-electron chi connectivity index (χ3n) is 3.81. The second-order valence-corrected chi connectivity index (χ2v) is 5.15. The van der Waals surface area contributed by atoms with Gasteiger partial charge in [0, 0.05) is 42.7 Å². The van der Waals surface area contributed by atoms with E-state index < -0.39 is 4.92 Å². The molecule has 2 heterocycles. The van der Waals surface area contributed by atoms with Gasteiger partial charge in [-0.2, -0.15) is 10.4 Å². The van der Waals surface area contributed by atoms with Crippen LogP contribution in [0.5, 0.6) is 0 Å². The van der Waals surface area contributed by atoms with Crippen LogP contribution in [0, 0.1) is 21.4 Å². The maximum atomic E-state index is 10.8. The van der Waals surface area contributed by atoms with Crippen LogP contribution in [0.4, 0.5) is 5.69 Å². The lowest BCUT2D eigenvalue weighted by Crippen LogP contribution is -2.19. The van der Waals surface area contributed by atoms with Crippen molar-refractivity contribution in [2.45, 2.75) is 18.9 Å². The standard InChI is InChI=1S/C15H14N4O3/c16-8-11-7-14(19(20)21)1-2-15(11)12-9-17-18(10-12)13-3-5-22-6-4-13/h1-2,7,9-10,13H,3-6H2. The first kappa shape index (κ1) is 14.2. The number of aromatic nitrogens is 2. The molecule has 0 bridgehead atoms. The van der Waals surface area contributed by atoms with Gasteiger partial charge in [0.15, 0.2) is 0 Å². The molecule has 0 N–H and O–H groups in total. The fourth-order valence-corrected chi connectivity index (χ4v) is 2.62. The molecule has 1 fully saturated rings. The van der Waals surface area contributed by atoms with E-state index >= 15 is 0 Å². The third kappa shape index (κ3) is 2.69. The normalized spacial score (nSPS) is 15.4. The van der Waals surface area contributed by atoms with Crippen LogP contribution in [0.1, 0.15) is 24.4 Å². The maximum absolute atomic E-state index is 10.8. The summed E-state index contributed by atoms with van der Waals surface area (Å²) in [6.45, 7) is 1.45. The highest BCUT2D eigenvalue weighted by Crippen LogP contribution is 2.28. The summed E-state index contributed by atoms with van der Waals surface area (Å²) >= 11 is 0. The van der Waals surface area contributed by atoms with Crippen molar-refractivity contribution in [3.63, 3.8) is 0 Å². The van der Waals surface area contributed by atoms with Gasteiger partial charge in [-0.3, -0.25) is 14.8 Å². The molecular formula is C15H14N4O3. The van der Waals surface area contributed by atoms with E-state index in [2.05, 4.69) is 5.10 Å². The van der Waals surface area contributed by atoms with Gasteiger partial charge in [-0.1, -0.05) is 0 Å². The van der Waals surface area contributed by atoms with Crippen LogP contribution in [0.15, 0.2) is 30.6 Å². The molecule has 0 spiro atoms. The van der Waals surface area contributed by atoms with Gasteiger partial charge in [0.05, 0.1) is 22.7 Å². The van der Waals surface area contributed by atoms with Crippen molar-refractivity contribution in [2.24, 2.45) is 0 Å². The zero-order valence-corrected chi connectivity index (χ0v) is 11.8. The Morgan fingerprint density at radius 3 is 2.86 bits per heavy atom. The highest BCUT2D eigenvalue weighted by molar-refractivity contribution is 5.71. The van der Waals surface area contributed by atoms with Crippen molar-refractivity contribution in [2.75, 3.05) is 13.2 Å². The number of non-ortho nitro benzene ring substituents is 1. The summed E-state index contributed by atoms with van der Waals surface area (Å²) < 4.78 is 7.23. The second-order valence-electron chi connectivity index (χ2n) is 5.15. The summed E-state index contributed by atoms with van der Waals surface area (Å²) in [5, 5.41) is 24.4. The molecule has 1 aromatic heterocycles.